The summed E-state index contributed by atoms with van der Waals surface area (Å²) in [5.41, 5.74) is 2.70. The average molecular weight is 286 g/mol. The molecule has 0 aliphatic heterocycles. The van der Waals surface area contributed by atoms with Crippen molar-refractivity contribution >= 4 is 34.8 Å². The van der Waals surface area contributed by atoms with Crippen LogP contribution in [0.1, 0.15) is 16.7 Å². The zero-order valence-electron chi connectivity index (χ0n) is 9.04. The maximum absolute atomic E-state index is 6.44. The molecule has 0 unspecified atom stereocenters. The van der Waals surface area contributed by atoms with Gasteiger partial charge in [0.1, 0.15) is 0 Å². The SMILES string of the molecule is ClCc1cccc(C(Cl)(Cl)c2ccccc2)c1. The molecule has 0 spiro atoms. The Labute approximate surface area is 116 Å². The van der Waals surface area contributed by atoms with Gasteiger partial charge in [0.2, 0.25) is 0 Å². The van der Waals surface area contributed by atoms with Gasteiger partial charge in [-0.25, -0.2) is 0 Å². The molecule has 3 heteroatoms. The molecule has 2 aromatic rings. The molecule has 0 aromatic heterocycles. The highest BCUT2D eigenvalue weighted by Gasteiger charge is 2.28. The Morgan fingerprint density at radius 3 is 2.12 bits per heavy atom. The molecule has 88 valence electrons. The molecular formula is C14H11Cl3. The lowest BCUT2D eigenvalue weighted by atomic mass is 10.0. The van der Waals surface area contributed by atoms with Crippen LogP contribution in [0.4, 0.5) is 0 Å². The second-order valence-electron chi connectivity index (χ2n) is 3.77. The minimum absolute atomic E-state index is 0.451. The molecule has 0 saturated carbocycles. The van der Waals surface area contributed by atoms with Crippen molar-refractivity contribution in [2.24, 2.45) is 0 Å². The van der Waals surface area contributed by atoms with Gasteiger partial charge < -0.3 is 0 Å². The zero-order chi connectivity index (χ0) is 12.3. The molecule has 0 amide bonds. The zero-order valence-corrected chi connectivity index (χ0v) is 11.3. The van der Waals surface area contributed by atoms with Gasteiger partial charge >= 0.3 is 0 Å². The van der Waals surface area contributed by atoms with Crippen LogP contribution in [0.3, 0.4) is 0 Å². The van der Waals surface area contributed by atoms with Crippen molar-refractivity contribution in [3.63, 3.8) is 0 Å². The largest absolute Gasteiger partial charge is 0.168 e. The minimum atomic E-state index is -1.04. The van der Waals surface area contributed by atoms with Crippen molar-refractivity contribution in [3.8, 4) is 0 Å². The van der Waals surface area contributed by atoms with Gasteiger partial charge in [0.05, 0.1) is 0 Å². The molecule has 0 fully saturated rings. The summed E-state index contributed by atoms with van der Waals surface area (Å²) >= 11 is 18.7. The van der Waals surface area contributed by atoms with E-state index >= 15 is 0 Å². The summed E-state index contributed by atoms with van der Waals surface area (Å²) < 4.78 is -1.04. The maximum atomic E-state index is 6.44. The number of hydrogen-bond donors (Lipinski definition) is 0. The van der Waals surface area contributed by atoms with Gasteiger partial charge in [-0.15, -0.1) is 11.6 Å². The average Bonchev–Trinajstić information content (AvgIpc) is 2.40. The number of rotatable bonds is 3. The van der Waals surface area contributed by atoms with Crippen LogP contribution in [-0.4, -0.2) is 0 Å². The maximum Gasteiger partial charge on any atom is 0.168 e. The van der Waals surface area contributed by atoms with Gasteiger partial charge in [-0.3, -0.25) is 0 Å². The lowest BCUT2D eigenvalue weighted by Gasteiger charge is -2.21. The summed E-state index contributed by atoms with van der Waals surface area (Å²) in [5, 5.41) is 0. The summed E-state index contributed by atoms with van der Waals surface area (Å²) in [4.78, 5) is 0. The van der Waals surface area contributed by atoms with Gasteiger partial charge in [-0.1, -0.05) is 77.8 Å². The van der Waals surface area contributed by atoms with E-state index in [1.807, 2.05) is 54.6 Å². The molecule has 0 aliphatic carbocycles. The summed E-state index contributed by atoms with van der Waals surface area (Å²) in [5.74, 6) is 0.451. The fourth-order valence-corrected chi connectivity index (χ4v) is 2.32. The van der Waals surface area contributed by atoms with Crippen LogP contribution in [0.15, 0.2) is 54.6 Å². The molecule has 2 aromatic carbocycles. The second kappa shape index (κ2) is 5.30. The minimum Gasteiger partial charge on any atom is -0.122 e. The number of hydrogen-bond acceptors (Lipinski definition) is 0. The Morgan fingerprint density at radius 2 is 1.47 bits per heavy atom. The molecule has 2 rings (SSSR count). The fourth-order valence-electron chi connectivity index (χ4n) is 1.66. The molecule has 0 aliphatic rings. The van der Waals surface area contributed by atoms with Crippen molar-refractivity contribution in [1.29, 1.82) is 0 Å². The van der Waals surface area contributed by atoms with Crippen LogP contribution in [-0.2, 0) is 10.2 Å². The molecular weight excluding hydrogens is 275 g/mol. The number of alkyl halides is 3. The van der Waals surface area contributed by atoms with Gasteiger partial charge in [0, 0.05) is 5.88 Å². The monoisotopic (exact) mass is 284 g/mol. The Hall–Kier alpha value is -0.690. The standard InChI is InChI=1S/C14H11Cl3/c15-10-11-5-4-8-13(9-11)14(16,17)12-6-2-1-3-7-12/h1-9H,10H2. The first-order valence-corrected chi connectivity index (χ1v) is 6.52. The Kier molecular flexibility index (Phi) is 3.98. The lowest BCUT2D eigenvalue weighted by molar-refractivity contribution is 1.03. The van der Waals surface area contributed by atoms with Gasteiger partial charge in [0.25, 0.3) is 0 Å². The normalized spacial score (nSPS) is 11.5. The van der Waals surface area contributed by atoms with E-state index in [4.69, 9.17) is 34.8 Å². The van der Waals surface area contributed by atoms with E-state index in [1.54, 1.807) is 0 Å². The van der Waals surface area contributed by atoms with Crippen molar-refractivity contribution in [2.75, 3.05) is 0 Å². The van der Waals surface area contributed by atoms with Gasteiger partial charge in [0.15, 0.2) is 4.33 Å². The third-order valence-electron chi connectivity index (χ3n) is 2.58. The third kappa shape index (κ3) is 2.77. The quantitative estimate of drug-likeness (QED) is 0.688. The summed E-state index contributed by atoms with van der Waals surface area (Å²) in [7, 11) is 0. The van der Waals surface area contributed by atoms with E-state index in [0.717, 1.165) is 16.7 Å². The predicted octanol–water partition coefficient (Wildman–Crippen LogP) is 5.10. The molecule has 0 saturated heterocycles. The molecule has 0 heterocycles. The summed E-state index contributed by atoms with van der Waals surface area (Å²) in [6, 6.07) is 17.3. The lowest BCUT2D eigenvalue weighted by Crippen LogP contribution is -2.12. The van der Waals surface area contributed by atoms with Crippen molar-refractivity contribution in [3.05, 3.63) is 71.3 Å². The van der Waals surface area contributed by atoms with E-state index < -0.39 is 4.33 Å². The van der Waals surface area contributed by atoms with Crippen LogP contribution in [0.5, 0.6) is 0 Å². The Morgan fingerprint density at radius 1 is 0.824 bits per heavy atom. The highest BCUT2D eigenvalue weighted by atomic mass is 35.5. The first kappa shape index (κ1) is 12.8. The van der Waals surface area contributed by atoms with Crippen LogP contribution < -0.4 is 0 Å². The topological polar surface area (TPSA) is 0 Å². The molecule has 0 bridgehead atoms. The third-order valence-corrected chi connectivity index (χ3v) is 3.76. The highest BCUT2D eigenvalue weighted by molar-refractivity contribution is 6.50. The summed E-state index contributed by atoms with van der Waals surface area (Å²) in [6.45, 7) is 0. The molecule has 0 nitrogen and oxygen atoms in total. The van der Waals surface area contributed by atoms with Crippen LogP contribution in [0.2, 0.25) is 0 Å². The molecule has 0 radical (unpaired) electrons. The first-order chi connectivity index (χ1) is 8.14. The van der Waals surface area contributed by atoms with E-state index in [2.05, 4.69) is 0 Å². The predicted molar refractivity (Wildman–Crippen MR) is 74.9 cm³/mol. The van der Waals surface area contributed by atoms with E-state index in [0.29, 0.717) is 5.88 Å². The van der Waals surface area contributed by atoms with Crippen molar-refractivity contribution < 1.29 is 0 Å². The van der Waals surface area contributed by atoms with E-state index in [9.17, 15) is 0 Å². The van der Waals surface area contributed by atoms with E-state index in [1.165, 1.54) is 0 Å². The van der Waals surface area contributed by atoms with E-state index in [-0.39, 0.29) is 0 Å². The number of benzene rings is 2. The molecule has 0 atom stereocenters. The smallest absolute Gasteiger partial charge is 0.122 e. The number of halogens is 3. The summed E-state index contributed by atoms with van der Waals surface area (Å²) in [6.07, 6.45) is 0. The van der Waals surface area contributed by atoms with Crippen LogP contribution >= 0.6 is 34.8 Å². The van der Waals surface area contributed by atoms with Gasteiger partial charge in [-0.2, -0.15) is 0 Å². The Balaban J connectivity index is 2.44. The van der Waals surface area contributed by atoms with Crippen LogP contribution in [0, 0.1) is 0 Å². The fraction of sp³-hybridized carbons (Fsp3) is 0.143. The molecule has 17 heavy (non-hydrogen) atoms. The van der Waals surface area contributed by atoms with Crippen LogP contribution in [0.25, 0.3) is 0 Å². The van der Waals surface area contributed by atoms with Gasteiger partial charge in [-0.05, 0) is 16.7 Å². The highest BCUT2D eigenvalue weighted by Crippen LogP contribution is 2.40. The molecule has 0 N–H and O–H groups in total. The Bertz CT molecular complexity index is 492. The second-order valence-corrected chi connectivity index (χ2v) is 5.37. The van der Waals surface area contributed by atoms with Crippen molar-refractivity contribution in [1.82, 2.24) is 0 Å². The van der Waals surface area contributed by atoms with Crippen molar-refractivity contribution in [2.45, 2.75) is 10.2 Å². The first-order valence-electron chi connectivity index (χ1n) is 5.23.